The summed E-state index contributed by atoms with van der Waals surface area (Å²) in [6.45, 7) is -1.45. The number of carbonyl (C=O) groups is 1. The van der Waals surface area contributed by atoms with E-state index in [9.17, 15) is 13.6 Å². The molecule has 0 fully saturated rings. The number of carbonyl (C=O) groups excluding carboxylic acids is 1. The molecular formula is C10H8Cl2F2O2. The number of alkyl halides is 2. The first kappa shape index (κ1) is 13.2. The van der Waals surface area contributed by atoms with Crippen molar-refractivity contribution in [3.63, 3.8) is 0 Å². The van der Waals surface area contributed by atoms with Gasteiger partial charge >= 0.3 is 6.61 Å². The van der Waals surface area contributed by atoms with Gasteiger partial charge < -0.3 is 4.74 Å². The molecule has 0 spiro atoms. The fourth-order valence-electron chi connectivity index (χ4n) is 1.15. The Hall–Kier alpha value is -0.870. The van der Waals surface area contributed by atoms with Crippen molar-refractivity contribution in [2.45, 2.75) is 20.0 Å². The van der Waals surface area contributed by atoms with Crippen LogP contribution in [0.2, 0.25) is 10.0 Å². The van der Waals surface area contributed by atoms with Crippen molar-refractivity contribution in [2.75, 3.05) is 0 Å². The van der Waals surface area contributed by atoms with E-state index in [0.717, 1.165) is 0 Å². The van der Waals surface area contributed by atoms with E-state index in [1.165, 1.54) is 12.1 Å². The molecule has 0 aliphatic rings. The van der Waals surface area contributed by atoms with Crippen LogP contribution in [0.25, 0.3) is 0 Å². The summed E-state index contributed by atoms with van der Waals surface area (Å²) >= 11 is 11.3. The van der Waals surface area contributed by atoms with Crippen LogP contribution in [0.5, 0.6) is 5.75 Å². The van der Waals surface area contributed by atoms with Gasteiger partial charge in [0.25, 0.3) is 0 Å². The van der Waals surface area contributed by atoms with Crippen molar-refractivity contribution >= 4 is 29.0 Å². The molecule has 0 heterocycles. The first-order valence-electron chi connectivity index (χ1n) is 4.43. The Morgan fingerprint density at radius 1 is 1.44 bits per heavy atom. The number of ether oxygens (including phenoxy) is 1. The van der Waals surface area contributed by atoms with Gasteiger partial charge in [0.15, 0.2) is 11.5 Å². The summed E-state index contributed by atoms with van der Waals surface area (Å²) in [7, 11) is 0. The molecule has 0 aliphatic carbocycles. The smallest absolute Gasteiger partial charge is 0.387 e. The third-order valence-electron chi connectivity index (χ3n) is 1.88. The van der Waals surface area contributed by atoms with Gasteiger partial charge in [-0.15, -0.1) is 0 Å². The highest BCUT2D eigenvalue weighted by molar-refractivity contribution is 6.43. The molecule has 1 rings (SSSR count). The van der Waals surface area contributed by atoms with Crippen molar-refractivity contribution in [2.24, 2.45) is 0 Å². The van der Waals surface area contributed by atoms with Gasteiger partial charge in [-0.05, 0) is 12.1 Å². The molecule has 0 unspecified atom stereocenters. The summed E-state index contributed by atoms with van der Waals surface area (Å²) in [6.07, 6.45) is 0.164. The van der Waals surface area contributed by atoms with E-state index in [-0.39, 0.29) is 33.6 Å². The maximum atomic E-state index is 12.1. The van der Waals surface area contributed by atoms with Crippen molar-refractivity contribution < 1.29 is 18.3 Å². The van der Waals surface area contributed by atoms with Gasteiger partial charge in [-0.1, -0.05) is 30.1 Å². The first-order valence-corrected chi connectivity index (χ1v) is 5.19. The fourth-order valence-corrected chi connectivity index (χ4v) is 1.50. The summed E-state index contributed by atoms with van der Waals surface area (Å²) in [5.74, 6) is -0.703. The SMILES string of the molecule is CCC(=O)c1ccc(Cl)c(Cl)c1OC(F)F. The van der Waals surface area contributed by atoms with Gasteiger partial charge in [-0.3, -0.25) is 4.79 Å². The van der Waals surface area contributed by atoms with Crippen molar-refractivity contribution in [3.8, 4) is 5.75 Å². The Balaban J connectivity index is 3.27. The predicted molar refractivity (Wildman–Crippen MR) is 57.7 cm³/mol. The van der Waals surface area contributed by atoms with E-state index in [1.54, 1.807) is 6.92 Å². The molecule has 0 saturated carbocycles. The summed E-state index contributed by atoms with van der Waals surface area (Å²) in [5.41, 5.74) is 0.0113. The summed E-state index contributed by atoms with van der Waals surface area (Å²) in [6, 6.07) is 2.68. The minimum absolute atomic E-state index is 0.0113. The van der Waals surface area contributed by atoms with Gasteiger partial charge in [0.05, 0.1) is 10.6 Å². The molecule has 0 atom stereocenters. The second-order valence-electron chi connectivity index (χ2n) is 2.89. The molecule has 1 aromatic rings. The summed E-state index contributed by atoms with van der Waals surface area (Å²) in [5, 5.41) is -0.119. The minimum Gasteiger partial charge on any atom is -0.432 e. The Kier molecular flexibility index (Phi) is 4.50. The monoisotopic (exact) mass is 268 g/mol. The first-order chi connectivity index (χ1) is 7.47. The van der Waals surface area contributed by atoms with Crippen LogP contribution in [-0.2, 0) is 0 Å². The number of rotatable bonds is 4. The zero-order valence-corrected chi connectivity index (χ0v) is 9.78. The summed E-state index contributed by atoms with van der Waals surface area (Å²) in [4.78, 5) is 11.5. The van der Waals surface area contributed by atoms with Gasteiger partial charge in [-0.25, -0.2) is 0 Å². The predicted octanol–water partition coefficient (Wildman–Crippen LogP) is 4.19. The van der Waals surface area contributed by atoms with E-state index in [0.29, 0.717) is 0 Å². The number of hydrogen-bond donors (Lipinski definition) is 0. The molecule has 0 N–H and O–H groups in total. The topological polar surface area (TPSA) is 26.3 Å². The molecule has 0 amide bonds. The number of halogens is 4. The van der Waals surface area contributed by atoms with Crippen LogP contribution in [0.1, 0.15) is 23.7 Å². The number of benzene rings is 1. The van der Waals surface area contributed by atoms with Crippen LogP contribution in [0.15, 0.2) is 12.1 Å². The molecule has 0 bridgehead atoms. The van der Waals surface area contributed by atoms with E-state index < -0.39 is 6.61 Å². The highest BCUT2D eigenvalue weighted by Crippen LogP contribution is 2.36. The maximum Gasteiger partial charge on any atom is 0.387 e. The van der Waals surface area contributed by atoms with E-state index >= 15 is 0 Å². The van der Waals surface area contributed by atoms with Gasteiger partial charge in [0.2, 0.25) is 0 Å². The fraction of sp³-hybridized carbons (Fsp3) is 0.300. The molecular weight excluding hydrogens is 261 g/mol. The van der Waals surface area contributed by atoms with E-state index in [2.05, 4.69) is 4.74 Å². The quantitative estimate of drug-likeness (QED) is 0.766. The molecule has 0 aliphatic heterocycles. The Morgan fingerprint density at radius 3 is 2.56 bits per heavy atom. The maximum absolute atomic E-state index is 12.1. The highest BCUT2D eigenvalue weighted by atomic mass is 35.5. The van der Waals surface area contributed by atoms with Crippen molar-refractivity contribution in [3.05, 3.63) is 27.7 Å². The van der Waals surface area contributed by atoms with Crippen LogP contribution in [-0.4, -0.2) is 12.4 Å². The lowest BCUT2D eigenvalue weighted by Gasteiger charge is -2.11. The van der Waals surface area contributed by atoms with E-state index in [1.807, 2.05) is 0 Å². The Morgan fingerprint density at radius 2 is 2.06 bits per heavy atom. The highest BCUT2D eigenvalue weighted by Gasteiger charge is 2.19. The summed E-state index contributed by atoms with van der Waals surface area (Å²) < 4.78 is 28.5. The molecule has 88 valence electrons. The average Bonchev–Trinajstić information content (AvgIpc) is 2.23. The van der Waals surface area contributed by atoms with Gasteiger partial charge in [-0.2, -0.15) is 8.78 Å². The minimum atomic E-state index is -3.06. The van der Waals surface area contributed by atoms with Crippen LogP contribution in [0.3, 0.4) is 0 Å². The lowest BCUT2D eigenvalue weighted by Crippen LogP contribution is -2.08. The zero-order chi connectivity index (χ0) is 12.3. The number of ketones is 1. The average molecular weight is 269 g/mol. The van der Waals surface area contributed by atoms with Crippen LogP contribution in [0, 0.1) is 0 Å². The van der Waals surface area contributed by atoms with Crippen LogP contribution < -0.4 is 4.74 Å². The van der Waals surface area contributed by atoms with Crippen molar-refractivity contribution in [1.82, 2.24) is 0 Å². The lowest BCUT2D eigenvalue weighted by molar-refractivity contribution is -0.0500. The largest absolute Gasteiger partial charge is 0.432 e. The second kappa shape index (κ2) is 5.46. The molecule has 0 radical (unpaired) electrons. The third kappa shape index (κ3) is 2.83. The lowest BCUT2D eigenvalue weighted by atomic mass is 10.1. The van der Waals surface area contributed by atoms with Crippen LogP contribution in [0.4, 0.5) is 8.78 Å². The molecule has 0 saturated heterocycles. The normalized spacial score (nSPS) is 10.6. The van der Waals surface area contributed by atoms with Crippen molar-refractivity contribution in [1.29, 1.82) is 0 Å². The molecule has 16 heavy (non-hydrogen) atoms. The van der Waals surface area contributed by atoms with Gasteiger partial charge in [0, 0.05) is 6.42 Å². The van der Waals surface area contributed by atoms with E-state index in [4.69, 9.17) is 23.2 Å². The Labute approximate surface area is 101 Å². The second-order valence-corrected chi connectivity index (χ2v) is 3.68. The van der Waals surface area contributed by atoms with Crippen LogP contribution >= 0.6 is 23.2 Å². The molecule has 6 heteroatoms. The third-order valence-corrected chi connectivity index (χ3v) is 2.67. The number of Topliss-reactive ketones (excluding diaryl/α,β-unsaturated/α-hetero) is 1. The Bertz CT molecular complexity index is 408. The zero-order valence-electron chi connectivity index (χ0n) is 8.27. The number of hydrogen-bond acceptors (Lipinski definition) is 2. The molecule has 2 nitrogen and oxygen atoms in total. The molecule has 1 aromatic carbocycles. The van der Waals surface area contributed by atoms with Gasteiger partial charge in [0.1, 0.15) is 5.02 Å². The standard InChI is InChI=1S/C10H8Cl2F2O2/c1-2-7(15)5-3-4-6(11)8(12)9(5)16-10(13)14/h3-4,10H,2H2,1H3. The molecule has 0 aromatic heterocycles.